The van der Waals surface area contributed by atoms with Gasteiger partial charge in [0.1, 0.15) is 0 Å². The lowest BCUT2D eigenvalue weighted by atomic mass is 10.2. The molecule has 1 amide bonds. The summed E-state index contributed by atoms with van der Waals surface area (Å²) in [5.74, 6) is -0.868. The van der Waals surface area contributed by atoms with Crippen LogP contribution < -0.4 is 0 Å². The van der Waals surface area contributed by atoms with Crippen molar-refractivity contribution in [3.05, 3.63) is 88.7 Å². The van der Waals surface area contributed by atoms with Gasteiger partial charge in [-0.25, -0.2) is 4.79 Å². The van der Waals surface area contributed by atoms with Gasteiger partial charge in [0, 0.05) is 24.8 Å². The number of hydrogen-bond donors (Lipinski definition) is 0. The summed E-state index contributed by atoms with van der Waals surface area (Å²) >= 11 is 6.14. The summed E-state index contributed by atoms with van der Waals surface area (Å²) in [5, 5.41) is 4.79. The van der Waals surface area contributed by atoms with Gasteiger partial charge in [-0.15, -0.1) is 0 Å². The SMILES string of the molecule is CN(Cc1ccccc1)C(=O)COC(=O)c1cnn(Cc2ccccc2Cl)c1. The molecule has 0 saturated carbocycles. The molecule has 0 atom stereocenters. The van der Waals surface area contributed by atoms with Crippen molar-refractivity contribution in [1.82, 2.24) is 14.7 Å². The molecule has 144 valence electrons. The van der Waals surface area contributed by atoms with E-state index in [9.17, 15) is 9.59 Å². The third-order valence-corrected chi connectivity index (χ3v) is 4.54. The highest BCUT2D eigenvalue weighted by molar-refractivity contribution is 6.31. The lowest BCUT2D eigenvalue weighted by molar-refractivity contribution is -0.133. The highest BCUT2D eigenvalue weighted by Gasteiger charge is 2.15. The third-order valence-electron chi connectivity index (χ3n) is 4.17. The summed E-state index contributed by atoms with van der Waals surface area (Å²) in [5.41, 5.74) is 2.18. The largest absolute Gasteiger partial charge is 0.452 e. The van der Waals surface area contributed by atoms with Gasteiger partial charge in [0.2, 0.25) is 0 Å². The second-order valence-electron chi connectivity index (χ2n) is 6.33. The number of halogens is 1. The molecule has 0 unspecified atom stereocenters. The smallest absolute Gasteiger partial charge is 0.341 e. The normalized spacial score (nSPS) is 10.5. The fraction of sp³-hybridized carbons (Fsp3) is 0.190. The van der Waals surface area contributed by atoms with Gasteiger partial charge in [-0.3, -0.25) is 9.48 Å². The molecule has 0 saturated heterocycles. The first-order chi connectivity index (χ1) is 13.5. The number of carbonyl (C=O) groups excluding carboxylic acids is 2. The van der Waals surface area contributed by atoms with Crippen LogP contribution in [0.3, 0.4) is 0 Å². The molecule has 1 heterocycles. The maximum absolute atomic E-state index is 12.2. The molecule has 3 rings (SSSR count). The summed E-state index contributed by atoms with van der Waals surface area (Å²) in [6.07, 6.45) is 2.99. The predicted molar refractivity (Wildman–Crippen MR) is 106 cm³/mol. The number of hydrogen-bond acceptors (Lipinski definition) is 4. The number of amides is 1. The Morgan fingerprint density at radius 2 is 1.82 bits per heavy atom. The molecule has 0 aliphatic carbocycles. The molecule has 3 aromatic rings. The maximum atomic E-state index is 12.2. The topological polar surface area (TPSA) is 64.4 Å². The van der Waals surface area contributed by atoms with E-state index in [0.717, 1.165) is 11.1 Å². The van der Waals surface area contributed by atoms with E-state index in [4.69, 9.17) is 16.3 Å². The van der Waals surface area contributed by atoms with Crippen molar-refractivity contribution in [1.29, 1.82) is 0 Å². The van der Waals surface area contributed by atoms with E-state index in [-0.39, 0.29) is 18.1 Å². The van der Waals surface area contributed by atoms with Gasteiger partial charge < -0.3 is 9.64 Å². The van der Waals surface area contributed by atoms with Gasteiger partial charge in [0.15, 0.2) is 6.61 Å². The highest BCUT2D eigenvalue weighted by Crippen LogP contribution is 2.16. The molecule has 6 nitrogen and oxygen atoms in total. The van der Waals surface area contributed by atoms with E-state index in [1.54, 1.807) is 24.0 Å². The lowest BCUT2D eigenvalue weighted by Gasteiger charge is -2.17. The van der Waals surface area contributed by atoms with Gasteiger partial charge in [-0.2, -0.15) is 5.10 Å². The molecule has 0 aliphatic rings. The van der Waals surface area contributed by atoms with Crippen molar-refractivity contribution in [2.24, 2.45) is 0 Å². The van der Waals surface area contributed by atoms with Gasteiger partial charge in [-0.05, 0) is 17.2 Å². The van der Waals surface area contributed by atoms with E-state index >= 15 is 0 Å². The lowest BCUT2D eigenvalue weighted by Crippen LogP contribution is -2.30. The minimum Gasteiger partial charge on any atom is -0.452 e. The first-order valence-corrected chi connectivity index (χ1v) is 9.11. The number of nitrogens with zero attached hydrogens (tertiary/aromatic N) is 3. The monoisotopic (exact) mass is 397 g/mol. The van der Waals surface area contributed by atoms with E-state index in [2.05, 4.69) is 5.10 Å². The molecule has 0 fully saturated rings. The van der Waals surface area contributed by atoms with Crippen LogP contribution in [0.2, 0.25) is 5.02 Å². The first-order valence-electron chi connectivity index (χ1n) is 8.74. The van der Waals surface area contributed by atoms with Crippen molar-refractivity contribution in [3.63, 3.8) is 0 Å². The fourth-order valence-corrected chi connectivity index (χ4v) is 2.82. The Morgan fingerprint density at radius 1 is 1.11 bits per heavy atom. The zero-order valence-corrected chi connectivity index (χ0v) is 16.2. The molecular formula is C21H20ClN3O3. The van der Waals surface area contributed by atoms with E-state index in [1.165, 1.54) is 11.1 Å². The Balaban J connectivity index is 1.51. The highest BCUT2D eigenvalue weighted by atomic mass is 35.5. The summed E-state index contributed by atoms with van der Waals surface area (Å²) in [7, 11) is 1.67. The second kappa shape index (κ2) is 9.19. The molecule has 0 N–H and O–H groups in total. The van der Waals surface area contributed by atoms with Crippen molar-refractivity contribution in [2.75, 3.05) is 13.7 Å². The maximum Gasteiger partial charge on any atom is 0.341 e. The minimum atomic E-state index is -0.591. The molecule has 1 aromatic heterocycles. The van der Waals surface area contributed by atoms with Gasteiger partial charge >= 0.3 is 5.97 Å². The summed E-state index contributed by atoms with van der Waals surface area (Å²) in [6.45, 7) is 0.566. The number of ether oxygens (including phenoxy) is 1. The number of esters is 1. The van der Waals surface area contributed by atoms with E-state index in [1.807, 2.05) is 48.5 Å². The van der Waals surface area contributed by atoms with Crippen LogP contribution in [0.25, 0.3) is 0 Å². The predicted octanol–water partition coefficient (Wildman–Crippen LogP) is 3.40. The molecule has 28 heavy (non-hydrogen) atoms. The molecule has 7 heteroatoms. The van der Waals surface area contributed by atoms with Crippen molar-refractivity contribution in [3.8, 4) is 0 Å². The Hall–Kier alpha value is -3.12. The van der Waals surface area contributed by atoms with Crippen LogP contribution in [0.1, 0.15) is 21.5 Å². The van der Waals surface area contributed by atoms with Gasteiger partial charge in [-0.1, -0.05) is 60.1 Å². The van der Waals surface area contributed by atoms with Crippen LogP contribution in [0.15, 0.2) is 67.0 Å². The summed E-state index contributed by atoms with van der Waals surface area (Å²) in [6, 6.07) is 17.0. The Morgan fingerprint density at radius 3 is 2.57 bits per heavy atom. The number of carbonyl (C=O) groups is 2. The summed E-state index contributed by atoms with van der Waals surface area (Å²) < 4.78 is 6.72. The van der Waals surface area contributed by atoms with Crippen molar-refractivity contribution >= 4 is 23.5 Å². The number of rotatable bonds is 7. The second-order valence-corrected chi connectivity index (χ2v) is 6.74. The molecule has 0 bridgehead atoms. The molecule has 0 radical (unpaired) electrons. The standard InChI is InChI=1S/C21H20ClN3O3/c1-24(12-16-7-3-2-4-8-16)20(26)15-28-21(27)18-11-23-25(14-18)13-17-9-5-6-10-19(17)22/h2-11,14H,12-13,15H2,1H3. The van der Waals surface area contributed by atoms with E-state index in [0.29, 0.717) is 18.1 Å². The van der Waals surface area contributed by atoms with Crippen molar-refractivity contribution in [2.45, 2.75) is 13.1 Å². The zero-order valence-electron chi connectivity index (χ0n) is 15.4. The van der Waals surface area contributed by atoms with Crippen LogP contribution in [0, 0.1) is 0 Å². The Bertz CT molecular complexity index is 956. The van der Waals surface area contributed by atoms with Crippen molar-refractivity contribution < 1.29 is 14.3 Å². The number of aromatic nitrogens is 2. The Kier molecular flexibility index (Phi) is 6.45. The molecule has 0 aliphatic heterocycles. The van der Waals surface area contributed by atoms with Crippen LogP contribution in [0.5, 0.6) is 0 Å². The van der Waals surface area contributed by atoms with Crippen LogP contribution in [-0.2, 0) is 22.6 Å². The molecular weight excluding hydrogens is 378 g/mol. The molecule has 0 spiro atoms. The Labute approximate surface area is 168 Å². The van der Waals surface area contributed by atoms with Gasteiger partial charge in [0.05, 0.1) is 18.3 Å². The molecule has 2 aromatic carbocycles. The van der Waals surface area contributed by atoms with Crippen LogP contribution in [-0.4, -0.2) is 40.2 Å². The van der Waals surface area contributed by atoms with Gasteiger partial charge in [0.25, 0.3) is 5.91 Å². The fourth-order valence-electron chi connectivity index (χ4n) is 2.62. The number of likely N-dealkylation sites (N-methyl/N-ethyl adjacent to an activating group) is 1. The average Bonchev–Trinajstić information content (AvgIpc) is 3.17. The first kappa shape index (κ1) is 19.6. The van der Waals surface area contributed by atoms with Crippen LogP contribution >= 0.6 is 11.6 Å². The average molecular weight is 398 g/mol. The third kappa shape index (κ3) is 5.20. The minimum absolute atomic E-state index is 0.277. The quantitative estimate of drug-likeness (QED) is 0.573. The number of benzene rings is 2. The van der Waals surface area contributed by atoms with E-state index < -0.39 is 5.97 Å². The summed E-state index contributed by atoms with van der Waals surface area (Å²) in [4.78, 5) is 25.9. The zero-order chi connectivity index (χ0) is 19.9. The van der Waals surface area contributed by atoms with Crippen LogP contribution in [0.4, 0.5) is 0 Å².